The molecule has 8 heteroatoms. The molecule has 0 saturated heterocycles. The van der Waals surface area contributed by atoms with Gasteiger partial charge >= 0.3 is 5.97 Å². The number of carbonyl (C=O) groups excluding carboxylic acids is 2. The van der Waals surface area contributed by atoms with Crippen molar-refractivity contribution in [2.45, 2.75) is 0 Å². The Morgan fingerprint density at radius 2 is 1.84 bits per heavy atom. The first-order valence-electron chi connectivity index (χ1n) is 5.05. The summed E-state index contributed by atoms with van der Waals surface area (Å²) in [6, 6.07) is 4.18. The van der Waals surface area contributed by atoms with Crippen LogP contribution in [-0.2, 0) is 9.59 Å². The highest BCUT2D eigenvalue weighted by atomic mass is 35.5. The fourth-order valence-corrected chi connectivity index (χ4v) is 1.75. The minimum atomic E-state index is -1.27. The zero-order valence-electron chi connectivity index (χ0n) is 9.60. The molecule has 0 unspecified atom stereocenters. The number of nitrogens with two attached hydrogens (primary N) is 1. The van der Waals surface area contributed by atoms with E-state index in [4.69, 9.17) is 34.0 Å². The highest BCUT2D eigenvalue weighted by Gasteiger charge is 2.22. The van der Waals surface area contributed by atoms with Crippen molar-refractivity contribution in [3.8, 4) is 0 Å². The fourth-order valence-electron chi connectivity index (χ4n) is 1.38. The Bertz CT molecular complexity index is 517. The summed E-state index contributed by atoms with van der Waals surface area (Å²) < 4.78 is 0. The maximum absolute atomic E-state index is 12.1. The first-order chi connectivity index (χ1) is 8.81. The van der Waals surface area contributed by atoms with Gasteiger partial charge in [0, 0.05) is 5.02 Å². The van der Waals surface area contributed by atoms with Crippen LogP contribution >= 0.6 is 23.2 Å². The van der Waals surface area contributed by atoms with Gasteiger partial charge in [0.25, 0.3) is 5.91 Å². The third kappa shape index (κ3) is 4.42. The maximum Gasteiger partial charge on any atom is 0.323 e. The second-order valence-electron chi connectivity index (χ2n) is 3.65. The van der Waals surface area contributed by atoms with Gasteiger partial charge < -0.3 is 15.7 Å². The van der Waals surface area contributed by atoms with Gasteiger partial charge in [0.05, 0.1) is 10.6 Å². The monoisotopic (exact) mass is 304 g/mol. The largest absolute Gasteiger partial charge is 0.480 e. The second-order valence-corrected chi connectivity index (χ2v) is 4.49. The van der Waals surface area contributed by atoms with Crippen LogP contribution in [0.15, 0.2) is 18.2 Å². The maximum atomic E-state index is 12.1. The number of halogens is 2. The van der Waals surface area contributed by atoms with E-state index in [-0.39, 0.29) is 15.6 Å². The average molecular weight is 305 g/mol. The molecule has 0 atom stereocenters. The van der Waals surface area contributed by atoms with Gasteiger partial charge in [-0.05, 0) is 18.2 Å². The molecular formula is C11H10Cl2N2O4. The summed E-state index contributed by atoms with van der Waals surface area (Å²) in [4.78, 5) is 34.4. The van der Waals surface area contributed by atoms with Gasteiger partial charge in [0.15, 0.2) is 0 Å². The van der Waals surface area contributed by atoms with Gasteiger partial charge in [-0.2, -0.15) is 0 Å². The fraction of sp³-hybridized carbons (Fsp3) is 0.182. The molecule has 19 heavy (non-hydrogen) atoms. The van der Waals surface area contributed by atoms with Gasteiger partial charge in [0.1, 0.15) is 13.1 Å². The molecule has 0 spiro atoms. The van der Waals surface area contributed by atoms with Crippen LogP contribution in [0.25, 0.3) is 0 Å². The molecule has 1 aromatic rings. The van der Waals surface area contributed by atoms with Crippen molar-refractivity contribution in [2.75, 3.05) is 13.1 Å². The average Bonchev–Trinajstić information content (AvgIpc) is 2.29. The van der Waals surface area contributed by atoms with Crippen LogP contribution in [-0.4, -0.2) is 40.9 Å². The molecule has 0 bridgehead atoms. The molecule has 1 aromatic carbocycles. The van der Waals surface area contributed by atoms with Crippen LogP contribution in [0.4, 0.5) is 0 Å². The Morgan fingerprint density at radius 3 is 2.37 bits per heavy atom. The second kappa shape index (κ2) is 6.40. The van der Waals surface area contributed by atoms with E-state index in [0.29, 0.717) is 0 Å². The molecular weight excluding hydrogens is 295 g/mol. The number of hydrogen-bond acceptors (Lipinski definition) is 3. The Balaban J connectivity index is 3.07. The minimum Gasteiger partial charge on any atom is -0.480 e. The van der Waals surface area contributed by atoms with Gasteiger partial charge in [-0.1, -0.05) is 23.2 Å². The van der Waals surface area contributed by atoms with Crippen LogP contribution < -0.4 is 5.73 Å². The quantitative estimate of drug-likeness (QED) is 0.847. The molecule has 102 valence electrons. The van der Waals surface area contributed by atoms with E-state index < -0.39 is 30.9 Å². The molecule has 0 aliphatic heterocycles. The number of carboxylic acids is 1. The number of rotatable bonds is 5. The summed E-state index contributed by atoms with van der Waals surface area (Å²) in [5, 5.41) is 9.08. The highest BCUT2D eigenvalue weighted by Crippen LogP contribution is 2.22. The molecule has 0 aliphatic rings. The smallest absolute Gasteiger partial charge is 0.323 e. The van der Waals surface area contributed by atoms with Crippen molar-refractivity contribution >= 4 is 41.0 Å². The molecule has 2 amide bonds. The van der Waals surface area contributed by atoms with E-state index in [1.54, 1.807) is 0 Å². The predicted octanol–water partition coefficient (Wildman–Crippen LogP) is 1.01. The molecule has 0 heterocycles. The summed E-state index contributed by atoms with van der Waals surface area (Å²) in [5.74, 6) is -2.82. The van der Waals surface area contributed by atoms with E-state index in [0.717, 1.165) is 4.90 Å². The van der Waals surface area contributed by atoms with E-state index in [1.807, 2.05) is 0 Å². The summed E-state index contributed by atoms with van der Waals surface area (Å²) in [6.07, 6.45) is 0. The lowest BCUT2D eigenvalue weighted by atomic mass is 10.2. The zero-order chi connectivity index (χ0) is 14.6. The van der Waals surface area contributed by atoms with Gasteiger partial charge in [-0.15, -0.1) is 0 Å². The third-order valence-electron chi connectivity index (χ3n) is 2.12. The molecule has 1 rings (SSSR count). The van der Waals surface area contributed by atoms with E-state index in [1.165, 1.54) is 18.2 Å². The Hall–Kier alpha value is -1.79. The van der Waals surface area contributed by atoms with Crippen molar-refractivity contribution in [1.29, 1.82) is 0 Å². The van der Waals surface area contributed by atoms with E-state index in [9.17, 15) is 14.4 Å². The summed E-state index contributed by atoms with van der Waals surface area (Å²) in [6.45, 7) is -1.18. The first-order valence-corrected chi connectivity index (χ1v) is 5.81. The Labute approximate surface area is 118 Å². The van der Waals surface area contributed by atoms with Crippen molar-refractivity contribution in [1.82, 2.24) is 4.90 Å². The van der Waals surface area contributed by atoms with Crippen molar-refractivity contribution in [3.63, 3.8) is 0 Å². The number of amides is 2. The molecule has 6 nitrogen and oxygen atoms in total. The number of hydrogen-bond donors (Lipinski definition) is 2. The summed E-state index contributed by atoms with van der Waals surface area (Å²) in [7, 11) is 0. The first kappa shape index (κ1) is 15.3. The standard InChI is InChI=1S/C11H10Cl2N2O4/c12-6-1-2-8(13)7(3-6)11(19)15(4-9(14)16)5-10(17)18/h1-3H,4-5H2,(H2,14,16)(H,17,18). The van der Waals surface area contributed by atoms with Crippen molar-refractivity contribution in [2.24, 2.45) is 5.73 Å². The van der Waals surface area contributed by atoms with Gasteiger partial charge in [-0.3, -0.25) is 14.4 Å². The van der Waals surface area contributed by atoms with Crippen molar-refractivity contribution in [3.05, 3.63) is 33.8 Å². The molecule has 0 aromatic heterocycles. The molecule has 0 saturated carbocycles. The summed E-state index contributed by atoms with van der Waals surface area (Å²) in [5.41, 5.74) is 4.98. The number of nitrogens with zero attached hydrogens (tertiary/aromatic N) is 1. The van der Waals surface area contributed by atoms with Crippen LogP contribution in [0.3, 0.4) is 0 Å². The lowest BCUT2D eigenvalue weighted by Crippen LogP contribution is -2.41. The van der Waals surface area contributed by atoms with Crippen LogP contribution in [0.5, 0.6) is 0 Å². The molecule has 0 radical (unpaired) electrons. The molecule has 3 N–H and O–H groups in total. The lowest BCUT2D eigenvalue weighted by Gasteiger charge is -2.19. The zero-order valence-corrected chi connectivity index (χ0v) is 11.1. The SMILES string of the molecule is NC(=O)CN(CC(=O)O)C(=O)c1cc(Cl)ccc1Cl. The predicted molar refractivity (Wildman–Crippen MR) is 69.2 cm³/mol. The Morgan fingerprint density at radius 1 is 1.21 bits per heavy atom. The third-order valence-corrected chi connectivity index (χ3v) is 2.68. The van der Waals surface area contributed by atoms with Gasteiger partial charge in [0.2, 0.25) is 5.91 Å². The Kier molecular flexibility index (Phi) is 5.14. The molecule has 0 fully saturated rings. The number of benzene rings is 1. The number of aliphatic carboxylic acids is 1. The van der Waals surface area contributed by atoms with E-state index >= 15 is 0 Å². The number of carboxylic acid groups (broad SMARTS) is 1. The topological polar surface area (TPSA) is 101 Å². The van der Waals surface area contributed by atoms with Gasteiger partial charge in [-0.25, -0.2) is 0 Å². The van der Waals surface area contributed by atoms with Crippen molar-refractivity contribution < 1.29 is 19.5 Å². The van der Waals surface area contributed by atoms with Crippen LogP contribution in [0.2, 0.25) is 10.0 Å². The highest BCUT2D eigenvalue weighted by molar-refractivity contribution is 6.35. The normalized spacial score (nSPS) is 10.0. The van der Waals surface area contributed by atoms with Crippen LogP contribution in [0.1, 0.15) is 10.4 Å². The lowest BCUT2D eigenvalue weighted by molar-refractivity contribution is -0.138. The summed E-state index contributed by atoms with van der Waals surface area (Å²) >= 11 is 11.6. The minimum absolute atomic E-state index is 0.0108. The number of carbonyl (C=O) groups is 3. The van der Waals surface area contributed by atoms with Crippen LogP contribution in [0, 0.1) is 0 Å². The van der Waals surface area contributed by atoms with E-state index in [2.05, 4.69) is 0 Å². The number of primary amides is 1. The molecule has 0 aliphatic carbocycles.